The van der Waals surface area contributed by atoms with Crippen LogP contribution in [0.25, 0.3) is 33.6 Å². The Morgan fingerprint density at radius 1 is 1.00 bits per heavy atom. The van der Waals surface area contributed by atoms with Gasteiger partial charge in [0.15, 0.2) is 5.65 Å². The third-order valence-electron chi connectivity index (χ3n) is 3.36. The molecule has 0 unspecified atom stereocenters. The molecule has 102 valence electrons. The molecule has 0 fully saturated rings. The number of rotatable bonds is 2. The van der Waals surface area contributed by atoms with Crippen molar-refractivity contribution in [3.63, 3.8) is 0 Å². The monoisotopic (exact) mass is 276 g/mol. The van der Waals surface area contributed by atoms with Gasteiger partial charge in [-0.3, -0.25) is 9.97 Å². The molecule has 6 heteroatoms. The molecule has 0 spiro atoms. The first-order chi connectivity index (χ1) is 10.3. The van der Waals surface area contributed by atoms with E-state index < -0.39 is 0 Å². The van der Waals surface area contributed by atoms with Crippen LogP contribution in [0.3, 0.4) is 0 Å². The van der Waals surface area contributed by atoms with Crippen LogP contribution in [0.15, 0.2) is 42.7 Å². The summed E-state index contributed by atoms with van der Waals surface area (Å²) in [5.74, 6) is 1.54. The van der Waals surface area contributed by atoms with Crippen molar-refractivity contribution in [2.75, 3.05) is 12.4 Å². The van der Waals surface area contributed by atoms with Gasteiger partial charge in [0.2, 0.25) is 0 Å². The van der Waals surface area contributed by atoms with E-state index in [9.17, 15) is 0 Å². The highest BCUT2D eigenvalue weighted by atomic mass is 15.0. The van der Waals surface area contributed by atoms with Crippen LogP contribution in [-0.2, 0) is 0 Å². The van der Waals surface area contributed by atoms with Crippen LogP contribution in [0.5, 0.6) is 0 Å². The fraction of sp³-hybridized carbons (Fsp3) is 0.0667. The number of H-pyrrole nitrogens is 1. The smallest absolute Gasteiger partial charge is 0.180 e. The lowest BCUT2D eigenvalue weighted by Crippen LogP contribution is -1.91. The number of imidazole rings is 1. The van der Waals surface area contributed by atoms with Gasteiger partial charge in [-0.1, -0.05) is 6.07 Å². The van der Waals surface area contributed by atoms with Crippen molar-refractivity contribution in [3.05, 3.63) is 42.7 Å². The van der Waals surface area contributed by atoms with E-state index >= 15 is 0 Å². The predicted molar refractivity (Wildman–Crippen MR) is 82.0 cm³/mol. The number of hydrogen-bond acceptors (Lipinski definition) is 5. The van der Waals surface area contributed by atoms with Gasteiger partial charge in [-0.2, -0.15) is 0 Å². The quantitative estimate of drug-likeness (QED) is 0.588. The van der Waals surface area contributed by atoms with Crippen LogP contribution in [0.4, 0.5) is 5.82 Å². The molecule has 4 aromatic rings. The van der Waals surface area contributed by atoms with Crippen molar-refractivity contribution in [2.45, 2.75) is 0 Å². The number of fused-ring (bicyclic) bond motifs is 2. The number of aromatic nitrogens is 5. The van der Waals surface area contributed by atoms with Gasteiger partial charge in [0.1, 0.15) is 11.6 Å². The van der Waals surface area contributed by atoms with Crippen molar-refractivity contribution in [1.29, 1.82) is 0 Å². The zero-order valence-corrected chi connectivity index (χ0v) is 11.3. The van der Waals surface area contributed by atoms with E-state index in [0.29, 0.717) is 5.65 Å². The number of hydrogen-bond donors (Lipinski definition) is 2. The molecule has 0 saturated carbocycles. The second-order valence-corrected chi connectivity index (χ2v) is 4.63. The number of para-hydroxylation sites is 1. The van der Waals surface area contributed by atoms with Crippen LogP contribution in [0, 0.1) is 0 Å². The van der Waals surface area contributed by atoms with E-state index in [0.717, 1.165) is 33.8 Å². The molecular formula is C15H12N6. The molecule has 0 saturated heterocycles. The van der Waals surface area contributed by atoms with Crippen LogP contribution in [-0.4, -0.2) is 32.0 Å². The first-order valence-electron chi connectivity index (χ1n) is 6.60. The molecule has 0 aliphatic rings. The molecule has 3 aromatic heterocycles. The largest absolute Gasteiger partial charge is 0.373 e. The number of nitrogens with zero attached hydrogens (tertiary/aromatic N) is 4. The lowest BCUT2D eigenvalue weighted by Gasteiger charge is -2.01. The summed E-state index contributed by atoms with van der Waals surface area (Å²) in [5, 5.41) is 3.01. The highest BCUT2D eigenvalue weighted by Gasteiger charge is 2.11. The first kappa shape index (κ1) is 11.8. The predicted octanol–water partition coefficient (Wildman–Crippen LogP) is 2.61. The Labute approximate surface area is 120 Å². The van der Waals surface area contributed by atoms with Gasteiger partial charge in [-0.15, -0.1) is 0 Å². The fourth-order valence-electron chi connectivity index (χ4n) is 2.34. The molecule has 6 nitrogen and oxygen atoms in total. The van der Waals surface area contributed by atoms with Gasteiger partial charge >= 0.3 is 0 Å². The van der Waals surface area contributed by atoms with E-state index in [1.807, 2.05) is 37.4 Å². The van der Waals surface area contributed by atoms with Crippen molar-refractivity contribution < 1.29 is 0 Å². The molecule has 0 radical (unpaired) electrons. The molecular weight excluding hydrogens is 264 g/mol. The number of aromatic amines is 1. The maximum absolute atomic E-state index is 4.57. The summed E-state index contributed by atoms with van der Waals surface area (Å²) in [6.45, 7) is 0. The average Bonchev–Trinajstić information content (AvgIpc) is 2.97. The second-order valence-electron chi connectivity index (χ2n) is 4.63. The summed E-state index contributed by atoms with van der Waals surface area (Å²) >= 11 is 0. The minimum atomic E-state index is 0.678. The molecule has 0 amide bonds. The summed E-state index contributed by atoms with van der Waals surface area (Å²) in [6, 6.07) is 9.74. The van der Waals surface area contributed by atoms with E-state index in [1.54, 1.807) is 12.4 Å². The summed E-state index contributed by atoms with van der Waals surface area (Å²) in [5.41, 5.74) is 4.17. The maximum atomic E-state index is 4.57. The van der Waals surface area contributed by atoms with Gasteiger partial charge in [0.25, 0.3) is 0 Å². The summed E-state index contributed by atoms with van der Waals surface area (Å²) in [4.78, 5) is 21.0. The van der Waals surface area contributed by atoms with E-state index in [-0.39, 0.29) is 0 Å². The Hall–Kier alpha value is -3.02. The first-order valence-corrected chi connectivity index (χ1v) is 6.60. The van der Waals surface area contributed by atoms with Crippen LogP contribution in [0.1, 0.15) is 0 Å². The standard InChI is InChI=1S/C15H12N6/c1-16-12-6-5-11-15(20-12)21-14(19-11)9-3-2-4-10-13(9)18-8-7-17-10/h2-8H,1H3,(H2,16,19,20,21). The normalized spacial score (nSPS) is 11.1. The Balaban J connectivity index is 1.96. The average molecular weight is 276 g/mol. The highest BCUT2D eigenvalue weighted by molar-refractivity contribution is 5.91. The van der Waals surface area contributed by atoms with Gasteiger partial charge in [0, 0.05) is 25.0 Å². The second kappa shape index (κ2) is 4.52. The molecule has 0 bridgehead atoms. The molecule has 0 atom stereocenters. The molecule has 0 aliphatic carbocycles. The SMILES string of the molecule is CNc1ccc2[nH]c(-c3cccc4nccnc34)nc2n1. The third kappa shape index (κ3) is 1.88. The number of anilines is 1. The summed E-state index contributed by atoms with van der Waals surface area (Å²) < 4.78 is 0. The van der Waals surface area contributed by atoms with Crippen molar-refractivity contribution >= 4 is 28.0 Å². The van der Waals surface area contributed by atoms with Crippen molar-refractivity contribution in [2.24, 2.45) is 0 Å². The minimum Gasteiger partial charge on any atom is -0.373 e. The lowest BCUT2D eigenvalue weighted by molar-refractivity contribution is 1.26. The zero-order chi connectivity index (χ0) is 14.2. The van der Waals surface area contributed by atoms with E-state index in [1.165, 1.54) is 0 Å². The van der Waals surface area contributed by atoms with Crippen LogP contribution >= 0.6 is 0 Å². The third-order valence-corrected chi connectivity index (χ3v) is 3.36. The summed E-state index contributed by atoms with van der Waals surface area (Å²) in [7, 11) is 1.84. The number of benzene rings is 1. The maximum Gasteiger partial charge on any atom is 0.180 e. The molecule has 1 aromatic carbocycles. The highest BCUT2D eigenvalue weighted by Crippen LogP contribution is 2.25. The van der Waals surface area contributed by atoms with Crippen molar-refractivity contribution in [3.8, 4) is 11.4 Å². The van der Waals surface area contributed by atoms with E-state index in [2.05, 4.69) is 30.2 Å². The fourth-order valence-corrected chi connectivity index (χ4v) is 2.34. The van der Waals surface area contributed by atoms with Gasteiger partial charge in [0.05, 0.1) is 16.6 Å². The Morgan fingerprint density at radius 2 is 1.90 bits per heavy atom. The minimum absolute atomic E-state index is 0.678. The van der Waals surface area contributed by atoms with Crippen molar-refractivity contribution in [1.82, 2.24) is 24.9 Å². The zero-order valence-electron chi connectivity index (χ0n) is 11.3. The number of pyridine rings is 1. The Bertz CT molecular complexity index is 938. The molecule has 21 heavy (non-hydrogen) atoms. The summed E-state index contributed by atoms with van der Waals surface area (Å²) in [6.07, 6.45) is 3.37. The Morgan fingerprint density at radius 3 is 2.81 bits per heavy atom. The molecule has 3 heterocycles. The lowest BCUT2D eigenvalue weighted by atomic mass is 10.1. The topological polar surface area (TPSA) is 79.4 Å². The van der Waals surface area contributed by atoms with E-state index in [4.69, 9.17) is 0 Å². The van der Waals surface area contributed by atoms with Gasteiger partial charge in [-0.25, -0.2) is 9.97 Å². The molecule has 4 rings (SSSR count). The molecule has 2 N–H and O–H groups in total. The Kier molecular flexibility index (Phi) is 2.53. The van der Waals surface area contributed by atoms with Crippen LogP contribution < -0.4 is 5.32 Å². The number of nitrogens with one attached hydrogen (secondary N) is 2. The van der Waals surface area contributed by atoms with Gasteiger partial charge in [-0.05, 0) is 24.3 Å². The molecule has 0 aliphatic heterocycles. The van der Waals surface area contributed by atoms with Crippen LogP contribution in [0.2, 0.25) is 0 Å². The van der Waals surface area contributed by atoms with Gasteiger partial charge < -0.3 is 10.3 Å².